The summed E-state index contributed by atoms with van der Waals surface area (Å²) in [5.74, 6) is -0.220. The molecule has 0 bridgehead atoms. The monoisotopic (exact) mass is 613 g/mol. The van der Waals surface area contributed by atoms with E-state index in [0.717, 1.165) is 16.9 Å². The zero-order valence-electron chi connectivity index (χ0n) is 24.0. The number of esters is 1. The molecule has 1 unspecified atom stereocenters. The van der Waals surface area contributed by atoms with Crippen LogP contribution in [0, 0.1) is 0 Å². The van der Waals surface area contributed by atoms with Crippen molar-refractivity contribution in [2.75, 3.05) is 12.0 Å². The van der Waals surface area contributed by atoms with Crippen LogP contribution in [0.25, 0.3) is 5.57 Å². The molecule has 1 amide bonds. The molecule has 0 saturated carbocycles. The number of ether oxygens (including phenoxy) is 2. The van der Waals surface area contributed by atoms with Crippen molar-refractivity contribution in [3.05, 3.63) is 125 Å². The van der Waals surface area contributed by atoms with Gasteiger partial charge in [-0.25, -0.2) is 9.79 Å². The Balaban J connectivity index is 1.57. The summed E-state index contributed by atoms with van der Waals surface area (Å²) in [5.41, 5.74) is 3.42. The van der Waals surface area contributed by atoms with Gasteiger partial charge in [-0.05, 0) is 56.2 Å². The highest BCUT2D eigenvalue weighted by molar-refractivity contribution is 7.07. The highest BCUT2D eigenvalue weighted by atomic mass is 35.5. The Labute approximate surface area is 256 Å². The third kappa shape index (κ3) is 4.98. The Hall–Kier alpha value is -4.47. The van der Waals surface area contributed by atoms with E-state index in [-0.39, 0.29) is 28.7 Å². The van der Waals surface area contributed by atoms with E-state index >= 15 is 0 Å². The van der Waals surface area contributed by atoms with Crippen molar-refractivity contribution < 1.29 is 19.1 Å². The molecule has 4 aromatic rings. The normalized spacial score (nSPS) is 17.1. The smallest absolute Gasteiger partial charge is 0.338 e. The lowest BCUT2D eigenvalue weighted by Crippen LogP contribution is -2.41. The average molecular weight is 614 g/mol. The number of anilines is 1. The summed E-state index contributed by atoms with van der Waals surface area (Å²) in [5, 5.41) is 0.552. The van der Waals surface area contributed by atoms with Gasteiger partial charge in [0.15, 0.2) is 4.80 Å². The second-order valence-electron chi connectivity index (χ2n) is 10.5. The van der Waals surface area contributed by atoms with Gasteiger partial charge in [-0.2, -0.15) is 0 Å². The van der Waals surface area contributed by atoms with E-state index < -0.39 is 17.6 Å². The van der Waals surface area contributed by atoms with Crippen LogP contribution in [0.4, 0.5) is 5.69 Å². The predicted molar refractivity (Wildman–Crippen MR) is 166 cm³/mol. The number of allylic oxidation sites excluding steroid dienone is 1. The third-order valence-corrected chi connectivity index (χ3v) is 8.85. The first-order valence-electron chi connectivity index (χ1n) is 13.7. The number of carbonyl (C=O) groups excluding carboxylic acids is 2. The molecule has 0 saturated heterocycles. The number of para-hydroxylation sites is 1. The topological polar surface area (TPSA) is 90.2 Å². The van der Waals surface area contributed by atoms with Gasteiger partial charge in [-0.3, -0.25) is 14.2 Å². The van der Waals surface area contributed by atoms with Crippen LogP contribution in [0.5, 0.6) is 5.75 Å². The molecule has 6 rings (SSSR count). The zero-order chi connectivity index (χ0) is 30.4. The molecule has 0 spiro atoms. The number of amides is 1. The molecule has 3 heterocycles. The molecule has 1 aromatic heterocycles. The summed E-state index contributed by atoms with van der Waals surface area (Å²) in [4.78, 5) is 48.6. The Bertz CT molecular complexity index is 1990. The molecule has 2 aliphatic heterocycles. The minimum absolute atomic E-state index is 0.246. The molecule has 0 N–H and O–H groups in total. The minimum Gasteiger partial charge on any atom is -0.497 e. The summed E-state index contributed by atoms with van der Waals surface area (Å²) < 4.78 is 12.7. The molecule has 3 aromatic carbocycles. The lowest BCUT2D eigenvalue weighted by atomic mass is 9.95. The van der Waals surface area contributed by atoms with Crippen LogP contribution >= 0.6 is 22.9 Å². The lowest BCUT2D eigenvalue weighted by Gasteiger charge is -2.25. The van der Waals surface area contributed by atoms with E-state index in [2.05, 4.69) is 4.99 Å². The molecule has 8 nitrogen and oxygen atoms in total. The van der Waals surface area contributed by atoms with Gasteiger partial charge in [0, 0.05) is 10.6 Å². The van der Waals surface area contributed by atoms with Gasteiger partial charge < -0.3 is 14.4 Å². The number of fused-ring (bicyclic) bond motifs is 2. The zero-order valence-corrected chi connectivity index (χ0v) is 25.5. The van der Waals surface area contributed by atoms with Crippen molar-refractivity contribution in [2.24, 2.45) is 4.99 Å². The van der Waals surface area contributed by atoms with Crippen LogP contribution in [0.15, 0.2) is 93.9 Å². The summed E-state index contributed by atoms with van der Waals surface area (Å²) in [7, 11) is 1.57. The largest absolute Gasteiger partial charge is 0.497 e. The van der Waals surface area contributed by atoms with E-state index in [4.69, 9.17) is 21.1 Å². The van der Waals surface area contributed by atoms with E-state index in [1.165, 1.54) is 4.57 Å². The van der Waals surface area contributed by atoms with E-state index in [9.17, 15) is 14.4 Å². The summed E-state index contributed by atoms with van der Waals surface area (Å²) in [6.07, 6.45) is -0.368. The predicted octanol–water partition coefficient (Wildman–Crippen LogP) is 4.77. The fourth-order valence-corrected chi connectivity index (χ4v) is 6.80. The number of aromatic nitrogens is 1. The van der Waals surface area contributed by atoms with Crippen molar-refractivity contribution in [2.45, 2.75) is 39.5 Å². The van der Waals surface area contributed by atoms with Gasteiger partial charge >= 0.3 is 5.97 Å². The molecule has 0 fully saturated rings. The standard InChI is InChI=1S/C33H28ClN3O5S/c1-18(2)42-32(40)26-19(3)35-33-37(28(26)20-13-15-22(41-4)16-14-20)31(39)29(43-33)27-23-10-6-8-12-25(23)36(30(27)38)17-21-9-5-7-11-24(21)34/h5-16,18,28H,17H2,1-4H3. The Morgan fingerprint density at radius 3 is 2.42 bits per heavy atom. The van der Waals surface area contributed by atoms with Gasteiger partial charge in [0.1, 0.15) is 10.3 Å². The van der Waals surface area contributed by atoms with Crippen molar-refractivity contribution in [3.63, 3.8) is 0 Å². The molecular formula is C33H28ClN3O5S. The maximum absolute atomic E-state index is 14.4. The van der Waals surface area contributed by atoms with E-state index in [1.54, 1.807) is 51.0 Å². The summed E-state index contributed by atoms with van der Waals surface area (Å²) in [6.45, 7) is 5.51. The van der Waals surface area contributed by atoms with Gasteiger partial charge in [0.2, 0.25) is 0 Å². The van der Waals surface area contributed by atoms with Crippen molar-refractivity contribution in [3.8, 4) is 5.75 Å². The first kappa shape index (κ1) is 28.6. The van der Waals surface area contributed by atoms with Crippen molar-refractivity contribution in [1.82, 2.24) is 4.57 Å². The minimum atomic E-state index is -0.811. The maximum atomic E-state index is 14.4. The third-order valence-electron chi connectivity index (χ3n) is 7.43. The second-order valence-corrected chi connectivity index (χ2v) is 11.9. The SMILES string of the molecule is COc1ccc(C2C(C(=O)OC(C)C)=C(C)N=c3sc(=C4C(=O)N(Cc5ccccc5Cl)c5ccccc54)c(=O)n32)cc1. The van der Waals surface area contributed by atoms with E-state index in [0.29, 0.717) is 43.7 Å². The van der Waals surface area contributed by atoms with Crippen LogP contribution in [0.3, 0.4) is 0 Å². The number of rotatable bonds is 6. The van der Waals surface area contributed by atoms with Gasteiger partial charge in [-0.1, -0.05) is 71.5 Å². The van der Waals surface area contributed by atoms with E-state index in [1.807, 2.05) is 54.6 Å². The Kier molecular flexibility index (Phi) is 7.54. The highest BCUT2D eigenvalue weighted by Crippen LogP contribution is 2.37. The first-order chi connectivity index (χ1) is 20.7. The van der Waals surface area contributed by atoms with Gasteiger partial charge in [-0.15, -0.1) is 0 Å². The number of carbonyl (C=O) groups is 2. The number of methoxy groups -OCH3 is 1. The van der Waals surface area contributed by atoms with Crippen LogP contribution in [0.2, 0.25) is 5.02 Å². The Morgan fingerprint density at radius 1 is 1.02 bits per heavy atom. The molecule has 10 heteroatoms. The molecule has 2 aliphatic rings. The summed E-state index contributed by atoms with van der Waals surface area (Å²) in [6, 6.07) is 21.1. The number of benzene rings is 3. The fraction of sp³-hybridized carbons (Fsp3) is 0.212. The van der Waals surface area contributed by atoms with Crippen LogP contribution < -0.4 is 24.5 Å². The maximum Gasteiger partial charge on any atom is 0.338 e. The molecule has 43 heavy (non-hydrogen) atoms. The number of hydrogen-bond acceptors (Lipinski definition) is 7. The number of halogens is 1. The molecular weight excluding hydrogens is 586 g/mol. The fourth-order valence-electron chi connectivity index (χ4n) is 5.47. The van der Waals surface area contributed by atoms with Crippen molar-refractivity contribution >= 4 is 46.1 Å². The van der Waals surface area contributed by atoms with Gasteiger partial charge in [0.05, 0.1) is 48.3 Å². The molecule has 0 radical (unpaired) electrons. The highest BCUT2D eigenvalue weighted by Gasteiger charge is 2.37. The number of hydrogen-bond donors (Lipinski definition) is 0. The summed E-state index contributed by atoms with van der Waals surface area (Å²) >= 11 is 7.58. The van der Waals surface area contributed by atoms with Crippen LogP contribution in [0.1, 0.15) is 43.5 Å². The van der Waals surface area contributed by atoms with Crippen LogP contribution in [-0.4, -0.2) is 29.7 Å². The molecule has 218 valence electrons. The number of thiazole rings is 1. The average Bonchev–Trinajstić information content (AvgIpc) is 3.45. The second kappa shape index (κ2) is 11.3. The first-order valence-corrected chi connectivity index (χ1v) is 14.9. The molecule has 1 atom stereocenters. The quantitative estimate of drug-likeness (QED) is 0.292. The van der Waals surface area contributed by atoms with Crippen LogP contribution in [-0.2, 0) is 20.9 Å². The lowest BCUT2D eigenvalue weighted by molar-refractivity contribution is -0.143. The molecule has 0 aliphatic carbocycles. The van der Waals surface area contributed by atoms with Gasteiger partial charge in [0.25, 0.3) is 11.5 Å². The van der Waals surface area contributed by atoms with Crippen molar-refractivity contribution in [1.29, 1.82) is 0 Å². The number of nitrogens with zero attached hydrogens (tertiary/aromatic N) is 3. The Morgan fingerprint density at radius 2 is 1.72 bits per heavy atom.